The minimum absolute atomic E-state index is 0.0111. The average Bonchev–Trinajstić information content (AvgIpc) is 3.16. The van der Waals surface area contributed by atoms with Crippen molar-refractivity contribution in [1.82, 2.24) is 16.3 Å². The van der Waals surface area contributed by atoms with Crippen LogP contribution in [0.2, 0.25) is 10.0 Å². The van der Waals surface area contributed by atoms with Crippen molar-refractivity contribution in [3.8, 4) is 0 Å². The van der Waals surface area contributed by atoms with Gasteiger partial charge in [0.2, 0.25) is 0 Å². The van der Waals surface area contributed by atoms with Crippen LogP contribution < -0.4 is 16.3 Å². The third-order valence-corrected chi connectivity index (χ3v) is 9.76. The summed E-state index contributed by atoms with van der Waals surface area (Å²) in [5, 5.41) is 24.5. The van der Waals surface area contributed by atoms with E-state index < -0.39 is 63.7 Å². The van der Waals surface area contributed by atoms with Crippen LogP contribution in [0.3, 0.4) is 0 Å². The molecule has 8 rings (SSSR count). The summed E-state index contributed by atoms with van der Waals surface area (Å²) in [6, 6.07) is 23.6. The smallest absolute Gasteiger partial charge is 0.364 e. The Hall–Kier alpha value is -7.09. The van der Waals surface area contributed by atoms with E-state index in [4.69, 9.17) is 32.9 Å². The van der Waals surface area contributed by atoms with E-state index in [-0.39, 0.29) is 48.3 Å². The molecule has 0 radical (unpaired) electrons. The standard InChI is InChI=1S/C39H20Cl2N4O9/c40-23-13-3-1-9-18(23)38(51)53-44-33(42)30-26-20-12-6-8-16-7-5-11-17(25(16)20)21-15-22(37(49)50)28-29(27(21)26)31(35(47)43-34(28)46)32(30)36(48)45-54-39(52)19-10-2-4-14-24(19)41/h1-15H,(H2,42,44)(H,45,48)(H,49,50)(H,43,46,47). The van der Waals surface area contributed by atoms with Gasteiger partial charge in [0.1, 0.15) is 0 Å². The molecule has 0 saturated heterocycles. The quantitative estimate of drug-likeness (QED) is 0.0310. The lowest BCUT2D eigenvalue weighted by Crippen LogP contribution is -2.40. The summed E-state index contributed by atoms with van der Waals surface area (Å²) in [4.78, 5) is 91.2. The lowest BCUT2D eigenvalue weighted by atomic mass is 9.78. The van der Waals surface area contributed by atoms with Gasteiger partial charge < -0.3 is 14.8 Å². The van der Waals surface area contributed by atoms with E-state index >= 15 is 0 Å². The van der Waals surface area contributed by atoms with Crippen LogP contribution in [0, 0.1) is 5.41 Å². The monoisotopic (exact) mass is 758 g/mol. The Morgan fingerprint density at radius 3 is 1.80 bits per heavy atom. The number of hydroxylamine groups is 2. The summed E-state index contributed by atoms with van der Waals surface area (Å²) < 4.78 is 0. The first-order chi connectivity index (χ1) is 26.0. The number of amidine groups is 1. The molecule has 54 heavy (non-hydrogen) atoms. The van der Waals surface area contributed by atoms with Crippen LogP contribution >= 0.6 is 23.2 Å². The second kappa shape index (κ2) is 12.8. The first-order valence-corrected chi connectivity index (χ1v) is 16.6. The molecule has 0 aromatic heterocycles. The number of aromatic carboxylic acids is 1. The molecule has 1 heterocycles. The number of benzene rings is 7. The Bertz CT molecular complexity index is 2890. The highest BCUT2D eigenvalue weighted by Gasteiger charge is 2.39. The van der Waals surface area contributed by atoms with Crippen LogP contribution in [0.25, 0.3) is 43.1 Å². The molecule has 0 spiro atoms. The number of carbonyl (C=O) groups excluding carboxylic acids is 5. The van der Waals surface area contributed by atoms with Gasteiger partial charge >= 0.3 is 17.9 Å². The molecular weight excluding hydrogens is 739 g/mol. The molecule has 7 aromatic carbocycles. The maximum atomic E-state index is 14.4. The van der Waals surface area contributed by atoms with Crippen LogP contribution in [0.4, 0.5) is 0 Å². The molecule has 15 heteroatoms. The van der Waals surface area contributed by atoms with Crippen LogP contribution in [-0.2, 0) is 9.68 Å². The maximum Gasteiger partial charge on any atom is 0.364 e. The summed E-state index contributed by atoms with van der Waals surface area (Å²) in [6.07, 6.45) is 0. The predicted molar refractivity (Wildman–Crippen MR) is 198 cm³/mol. The van der Waals surface area contributed by atoms with Crippen molar-refractivity contribution >= 4 is 108 Å². The molecule has 13 nitrogen and oxygen atoms in total. The Labute approximate surface area is 312 Å². The number of carbonyl (C=O) groups is 6. The summed E-state index contributed by atoms with van der Waals surface area (Å²) in [7, 11) is 0. The molecule has 5 N–H and O–H groups in total. The van der Waals surface area contributed by atoms with Crippen molar-refractivity contribution in [2.75, 3.05) is 0 Å². The number of carboxylic acids is 1. The molecule has 0 aliphatic carbocycles. The SMILES string of the molecule is N=C(NOC(=O)c1ccccc1Cl)c1c(C(=O)NOC(=O)c2ccccc2Cl)c2c3c(c(C(=O)O)cc4c5cccc6cccc(c1c34)c65)C(=O)NC2=O. The summed E-state index contributed by atoms with van der Waals surface area (Å²) in [6.45, 7) is 0. The first kappa shape index (κ1) is 34.0. The molecule has 0 atom stereocenters. The van der Waals surface area contributed by atoms with Crippen molar-refractivity contribution < 1.29 is 43.5 Å². The fraction of sp³-hybridized carbons (Fsp3) is 0. The van der Waals surface area contributed by atoms with E-state index in [0.717, 1.165) is 0 Å². The average molecular weight is 760 g/mol. The third kappa shape index (κ3) is 5.21. The zero-order chi connectivity index (χ0) is 38.0. The van der Waals surface area contributed by atoms with Crippen molar-refractivity contribution in [2.24, 2.45) is 0 Å². The van der Waals surface area contributed by atoms with E-state index in [2.05, 4.69) is 10.8 Å². The highest BCUT2D eigenvalue weighted by molar-refractivity contribution is 6.44. The summed E-state index contributed by atoms with van der Waals surface area (Å²) in [5.74, 6) is -7.70. The summed E-state index contributed by atoms with van der Waals surface area (Å²) in [5.41, 5.74) is 1.80. The van der Waals surface area contributed by atoms with E-state index in [0.29, 0.717) is 21.5 Å². The van der Waals surface area contributed by atoms with Gasteiger partial charge in [-0.2, -0.15) is 11.0 Å². The maximum absolute atomic E-state index is 14.4. The number of halogens is 2. The Morgan fingerprint density at radius 1 is 0.611 bits per heavy atom. The molecular formula is C39H20Cl2N4O9. The van der Waals surface area contributed by atoms with Crippen molar-refractivity contribution in [3.05, 3.63) is 140 Å². The Morgan fingerprint density at radius 2 is 1.19 bits per heavy atom. The number of rotatable bonds is 5. The third-order valence-electron chi connectivity index (χ3n) is 9.10. The molecule has 0 fully saturated rings. The Kier molecular flexibility index (Phi) is 8.09. The first-order valence-electron chi connectivity index (χ1n) is 15.9. The molecule has 0 bridgehead atoms. The second-order valence-corrected chi connectivity index (χ2v) is 12.9. The van der Waals surface area contributed by atoms with Crippen LogP contribution in [0.15, 0.2) is 91.0 Å². The topological polar surface area (TPSA) is 201 Å². The van der Waals surface area contributed by atoms with Gasteiger partial charge in [0.05, 0.1) is 43.4 Å². The molecule has 7 aromatic rings. The Balaban J connectivity index is 1.44. The van der Waals surface area contributed by atoms with Gasteiger partial charge in [0, 0.05) is 16.3 Å². The van der Waals surface area contributed by atoms with E-state index in [1.54, 1.807) is 42.5 Å². The lowest BCUT2D eigenvalue weighted by Gasteiger charge is -2.27. The predicted octanol–water partition coefficient (Wildman–Crippen LogP) is 6.81. The molecule has 1 aliphatic heterocycles. The highest BCUT2D eigenvalue weighted by Crippen LogP contribution is 2.47. The fourth-order valence-electron chi connectivity index (χ4n) is 6.94. The molecule has 3 amide bonds. The zero-order valence-electron chi connectivity index (χ0n) is 27.1. The van der Waals surface area contributed by atoms with E-state index in [1.165, 1.54) is 36.4 Å². The minimum atomic E-state index is -1.49. The second-order valence-electron chi connectivity index (χ2n) is 12.0. The number of hydrogen-bond donors (Lipinski definition) is 5. The largest absolute Gasteiger partial charge is 0.478 e. The van der Waals surface area contributed by atoms with Crippen LogP contribution in [0.1, 0.15) is 67.7 Å². The van der Waals surface area contributed by atoms with Gasteiger partial charge in [-0.15, -0.1) is 0 Å². The van der Waals surface area contributed by atoms with Gasteiger partial charge in [0.25, 0.3) is 17.7 Å². The fourth-order valence-corrected chi connectivity index (χ4v) is 7.37. The van der Waals surface area contributed by atoms with Gasteiger partial charge in [-0.05, 0) is 62.6 Å². The number of hydrogen-bond acceptors (Lipinski definition) is 9. The van der Waals surface area contributed by atoms with Crippen molar-refractivity contribution in [3.63, 3.8) is 0 Å². The number of fused-ring (bicyclic) bond motifs is 2. The summed E-state index contributed by atoms with van der Waals surface area (Å²) >= 11 is 12.3. The van der Waals surface area contributed by atoms with E-state index in [1.807, 2.05) is 17.6 Å². The van der Waals surface area contributed by atoms with Crippen LogP contribution in [-0.4, -0.2) is 46.6 Å². The van der Waals surface area contributed by atoms with Crippen molar-refractivity contribution in [2.45, 2.75) is 0 Å². The van der Waals surface area contributed by atoms with E-state index in [9.17, 15) is 39.3 Å². The number of carboxylic acid groups (broad SMARTS) is 1. The van der Waals surface area contributed by atoms with Crippen LogP contribution in [0.5, 0.6) is 0 Å². The van der Waals surface area contributed by atoms with Crippen molar-refractivity contribution in [1.29, 1.82) is 5.41 Å². The normalized spacial score (nSPS) is 12.2. The zero-order valence-corrected chi connectivity index (χ0v) is 28.6. The van der Waals surface area contributed by atoms with Gasteiger partial charge in [-0.25, -0.2) is 14.4 Å². The van der Waals surface area contributed by atoms with Gasteiger partial charge in [-0.1, -0.05) is 83.9 Å². The lowest BCUT2D eigenvalue weighted by molar-refractivity contribution is 0.0229. The number of amides is 3. The minimum Gasteiger partial charge on any atom is -0.478 e. The highest BCUT2D eigenvalue weighted by atomic mass is 35.5. The van der Waals surface area contributed by atoms with Gasteiger partial charge in [-0.3, -0.25) is 25.1 Å². The molecule has 1 aliphatic rings. The molecule has 264 valence electrons. The number of imide groups is 1. The molecule has 0 unspecified atom stereocenters. The number of nitrogens with one attached hydrogen (secondary N) is 4. The van der Waals surface area contributed by atoms with Gasteiger partial charge in [0.15, 0.2) is 5.84 Å². The molecule has 0 saturated carbocycles.